The number of hydrogen-bond acceptors (Lipinski definition) is 3. The van der Waals surface area contributed by atoms with Crippen LogP contribution in [0.15, 0.2) is 48.5 Å². The second kappa shape index (κ2) is 10.7. The number of hydrogen-bond donors (Lipinski definition) is 0. The molecule has 0 saturated carbocycles. The molecule has 5 heteroatoms. The van der Waals surface area contributed by atoms with Gasteiger partial charge in [0.15, 0.2) is 0 Å². The fourth-order valence-corrected chi connectivity index (χ4v) is 4.81. The van der Waals surface area contributed by atoms with Crippen LogP contribution in [0.3, 0.4) is 0 Å². The number of carbonyl (C=O) groups is 2. The van der Waals surface area contributed by atoms with Gasteiger partial charge in [0.05, 0.1) is 7.11 Å². The fraction of sp³-hybridized carbons (Fsp3) is 0.481. The van der Waals surface area contributed by atoms with E-state index in [0.717, 1.165) is 76.0 Å². The average Bonchev–Trinajstić information content (AvgIpc) is 3.39. The minimum atomic E-state index is 0.110. The van der Waals surface area contributed by atoms with E-state index in [1.807, 2.05) is 34.1 Å². The predicted molar refractivity (Wildman–Crippen MR) is 126 cm³/mol. The molecular formula is C27H34N2O3. The van der Waals surface area contributed by atoms with Gasteiger partial charge in [-0.2, -0.15) is 0 Å². The van der Waals surface area contributed by atoms with Crippen LogP contribution < -0.4 is 4.74 Å². The second-order valence-electron chi connectivity index (χ2n) is 9.07. The van der Waals surface area contributed by atoms with Gasteiger partial charge in [-0.15, -0.1) is 0 Å². The van der Waals surface area contributed by atoms with Crippen molar-refractivity contribution in [2.45, 2.75) is 44.9 Å². The van der Waals surface area contributed by atoms with Crippen molar-refractivity contribution < 1.29 is 14.3 Å². The number of benzene rings is 2. The van der Waals surface area contributed by atoms with Crippen molar-refractivity contribution in [3.8, 4) is 5.75 Å². The molecule has 0 N–H and O–H groups in total. The summed E-state index contributed by atoms with van der Waals surface area (Å²) < 4.78 is 5.18. The highest BCUT2D eigenvalue weighted by molar-refractivity contribution is 5.94. The van der Waals surface area contributed by atoms with Crippen LogP contribution in [0.5, 0.6) is 5.75 Å². The average molecular weight is 435 g/mol. The second-order valence-corrected chi connectivity index (χ2v) is 9.07. The minimum absolute atomic E-state index is 0.110. The first-order chi connectivity index (χ1) is 15.6. The first-order valence-electron chi connectivity index (χ1n) is 11.9. The molecule has 2 aliphatic heterocycles. The molecule has 0 radical (unpaired) electrons. The monoisotopic (exact) mass is 434 g/mol. The summed E-state index contributed by atoms with van der Waals surface area (Å²) in [5, 5.41) is 0. The Labute approximate surface area is 191 Å². The van der Waals surface area contributed by atoms with Crippen molar-refractivity contribution in [3.05, 3.63) is 65.2 Å². The molecule has 5 nitrogen and oxygen atoms in total. The fourth-order valence-electron chi connectivity index (χ4n) is 4.81. The Morgan fingerprint density at radius 2 is 1.47 bits per heavy atom. The van der Waals surface area contributed by atoms with E-state index in [4.69, 9.17) is 4.74 Å². The quantitative estimate of drug-likeness (QED) is 0.651. The minimum Gasteiger partial charge on any atom is -0.497 e. The van der Waals surface area contributed by atoms with Crippen molar-refractivity contribution >= 4 is 11.8 Å². The van der Waals surface area contributed by atoms with E-state index in [0.29, 0.717) is 18.2 Å². The molecule has 2 amide bonds. The van der Waals surface area contributed by atoms with Crippen LogP contribution in [0.4, 0.5) is 0 Å². The van der Waals surface area contributed by atoms with Gasteiger partial charge in [0.2, 0.25) is 5.91 Å². The molecule has 0 atom stereocenters. The van der Waals surface area contributed by atoms with Crippen LogP contribution in [-0.4, -0.2) is 54.9 Å². The Hall–Kier alpha value is -2.82. The van der Waals surface area contributed by atoms with Gasteiger partial charge < -0.3 is 14.5 Å². The summed E-state index contributed by atoms with van der Waals surface area (Å²) >= 11 is 0. The number of nitrogens with zero attached hydrogens (tertiary/aromatic N) is 2. The molecule has 2 aliphatic rings. The lowest BCUT2D eigenvalue weighted by molar-refractivity contribution is -0.130. The highest BCUT2D eigenvalue weighted by Gasteiger charge is 2.24. The maximum atomic E-state index is 12.8. The third-order valence-electron chi connectivity index (χ3n) is 6.87. The summed E-state index contributed by atoms with van der Waals surface area (Å²) in [6.07, 6.45) is 6.85. The summed E-state index contributed by atoms with van der Waals surface area (Å²) in [6.45, 7) is 3.49. The zero-order valence-corrected chi connectivity index (χ0v) is 19.1. The van der Waals surface area contributed by atoms with Crippen molar-refractivity contribution in [3.63, 3.8) is 0 Å². The van der Waals surface area contributed by atoms with E-state index in [9.17, 15) is 9.59 Å². The van der Waals surface area contributed by atoms with Gasteiger partial charge in [0, 0.05) is 38.2 Å². The number of ether oxygens (including phenoxy) is 1. The van der Waals surface area contributed by atoms with Crippen LogP contribution in [0.25, 0.3) is 0 Å². The highest BCUT2D eigenvalue weighted by atomic mass is 16.5. The summed E-state index contributed by atoms with van der Waals surface area (Å²) in [4.78, 5) is 29.0. The van der Waals surface area contributed by atoms with Gasteiger partial charge >= 0.3 is 0 Å². The molecule has 170 valence electrons. The third kappa shape index (κ3) is 5.70. The molecule has 2 aromatic rings. The molecule has 2 heterocycles. The number of amides is 2. The Bertz CT molecular complexity index is 894. The molecule has 2 fully saturated rings. The Morgan fingerprint density at radius 3 is 2.09 bits per heavy atom. The first-order valence-corrected chi connectivity index (χ1v) is 11.9. The molecule has 0 spiro atoms. The van der Waals surface area contributed by atoms with E-state index in [2.05, 4.69) is 24.3 Å². The van der Waals surface area contributed by atoms with Gasteiger partial charge in [0.1, 0.15) is 5.75 Å². The summed E-state index contributed by atoms with van der Waals surface area (Å²) in [5.41, 5.74) is 3.31. The smallest absolute Gasteiger partial charge is 0.253 e. The molecule has 4 rings (SSSR count). The van der Waals surface area contributed by atoms with Crippen molar-refractivity contribution in [1.82, 2.24) is 9.80 Å². The van der Waals surface area contributed by atoms with Crippen LogP contribution in [0, 0.1) is 5.92 Å². The standard InChI is InChI=1S/C27H34N2O3/c1-32-25-11-9-24(10-12-25)27(31)29-18-14-23(15-19-29)20-22-6-4-21(5-7-22)8-13-26(30)28-16-2-3-17-28/h4-7,9-12,23H,2-3,8,13-20H2,1H3. The maximum Gasteiger partial charge on any atom is 0.253 e. The Morgan fingerprint density at radius 1 is 0.844 bits per heavy atom. The summed E-state index contributed by atoms with van der Waals surface area (Å²) in [6, 6.07) is 16.1. The maximum absolute atomic E-state index is 12.8. The van der Waals surface area contributed by atoms with Crippen LogP contribution in [-0.2, 0) is 17.6 Å². The lowest BCUT2D eigenvalue weighted by Crippen LogP contribution is -2.38. The number of methoxy groups -OCH3 is 1. The van der Waals surface area contributed by atoms with Gasteiger partial charge in [-0.3, -0.25) is 9.59 Å². The number of piperidine rings is 1. The van der Waals surface area contributed by atoms with Crippen LogP contribution >= 0.6 is 0 Å². The van der Waals surface area contributed by atoms with E-state index in [1.165, 1.54) is 11.1 Å². The highest BCUT2D eigenvalue weighted by Crippen LogP contribution is 2.24. The molecule has 0 aliphatic carbocycles. The van der Waals surface area contributed by atoms with Crippen molar-refractivity contribution in [2.75, 3.05) is 33.3 Å². The molecule has 0 bridgehead atoms. The number of aryl methyl sites for hydroxylation is 1. The number of rotatable bonds is 7. The predicted octanol–water partition coefficient (Wildman–Crippen LogP) is 4.35. The van der Waals surface area contributed by atoms with Gasteiger partial charge in [0.25, 0.3) is 5.91 Å². The molecule has 0 unspecified atom stereocenters. The Balaban J connectivity index is 1.21. The van der Waals surface area contributed by atoms with E-state index in [1.54, 1.807) is 7.11 Å². The molecular weight excluding hydrogens is 400 g/mol. The van der Waals surface area contributed by atoms with Crippen LogP contribution in [0.2, 0.25) is 0 Å². The third-order valence-corrected chi connectivity index (χ3v) is 6.87. The molecule has 32 heavy (non-hydrogen) atoms. The summed E-state index contributed by atoms with van der Waals surface area (Å²) in [7, 11) is 1.63. The zero-order chi connectivity index (χ0) is 22.3. The normalized spacial score (nSPS) is 16.9. The van der Waals surface area contributed by atoms with E-state index in [-0.39, 0.29) is 5.91 Å². The van der Waals surface area contributed by atoms with E-state index >= 15 is 0 Å². The number of carbonyl (C=O) groups excluding carboxylic acids is 2. The first kappa shape index (κ1) is 22.4. The molecule has 0 aromatic heterocycles. The number of likely N-dealkylation sites (tertiary alicyclic amines) is 2. The van der Waals surface area contributed by atoms with Gasteiger partial charge in [-0.25, -0.2) is 0 Å². The van der Waals surface area contributed by atoms with Crippen molar-refractivity contribution in [2.24, 2.45) is 5.92 Å². The van der Waals surface area contributed by atoms with Gasteiger partial charge in [-0.05, 0) is 79.8 Å². The molecule has 2 saturated heterocycles. The lowest BCUT2D eigenvalue weighted by Gasteiger charge is -2.32. The summed E-state index contributed by atoms with van der Waals surface area (Å²) in [5.74, 6) is 1.78. The zero-order valence-electron chi connectivity index (χ0n) is 19.1. The van der Waals surface area contributed by atoms with Crippen LogP contribution in [0.1, 0.15) is 53.6 Å². The SMILES string of the molecule is COc1ccc(C(=O)N2CCC(Cc3ccc(CCC(=O)N4CCCC4)cc3)CC2)cc1. The lowest BCUT2D eigenvalue weighted by atomic mass is 9.89. The van der Waals surface area contributed by atoms with Gasteiger partial charge in [-0.1, -0.05) is 24.3 Å². The Kier molecular flexibility index (Phi) is 7.46. The van der Waals surface area contributed by atoms with E-state index < -0.39 is 0 Å². The molecule has 2 aromatic carbocycles. The van der Waals surface area contributed by atoms with Crippen molar-refractivity contribution in [1.29, 1.82) is 0 Å². The largest absolute Gasteiger partial charge is 0.497 e. The topological polar surface area (TPSA) is 49.9 Å².